The Morgan fingerprint density at radius 1 is 1.10 bits per heavy atom. The molecule has 0 saturated heterocycles. The van der Waals surface area contributed by atoms with Gasteiger partial charge in [-0.2, -0.15) is 0 Å². The fourth-order valence-corrected chi connectivity index (χ4v) is 2.12. The zero-order valence-corrected chi connectivity index (χ0v) is 11.7. The topological polar surface area (TPSA) is 55.5 Å². The minimum absolute atomic E-state index is 0.0296. The standard InChI is InChI=1S/C16H20BNO2/c1-13(11-18)20-17(15-7-3-2-4-8-15)16-9-5-6-14(10-16)12-19/h2-10,13,19H,11-12,18H2,1H3. The van der Waals surface area contributed by atoms with E-state index in [2.05, 4.69) is 0 Å². The molecule has 4 heteroatoms. The van der Waals surface area contributed by atoms with Gasteiger partial charge in [0.25, 0.3) is 0 Å². The van der Waals surface area contributed by atoms with Crippen LogP contribution in [0, 0.1) is 0 Å². The minimum Gasteiger partial charge on any atom is -0.423 e. The second-order valence-corrected chi connectivity index (χ2v) is 4.88. The van der Waals surface area contributed by atoms with E-state index in [-0.39, 0.29) is 19.6 Å². The second-order valence-electron chi connectivity index (χ2n) is 4.88. The first-order chi connectivity index (χ1) is 9.74. The molecular weight excluding hydrogens is 249 g/mol. The van der Waals surface area contributed by atoms with Gasteiger partial charge in [0.15, 0.2) is 0 Å². The van der Waals surface area contributed by atoms with E-state index in [1.165, 1.54) is 0 Å². The molecule has 0 aliphatic carbocycles. The molecule has 104 valence electrons. The molecule has 1 atom stereocenters. The summed E-state index contributed by atoms with van der Waals surface area (Å²) < 4.78 is 6.06. The molecule has 20 heavy (non-hydrogen) atoms. The molecule has 3 nitrogen and oxygen atoms in total. The smallest absolute Gasteiger partial charge is 0.361 e. The molecule has 0 aliphatic rings. The van der Waals surface area contributed by atoms with E-state index in [1.54, 1.807) is 0 Å². The van der Waals surface area contributed by atoms with Crippen LogP contribution >= 0.6 is 0 Å². The third kappa shape index (κ3) is 3.70. The van der Waals surface area contributed by atoms with Gasteiger partial charge in [-0.1, -0.05) is 54.6 Å². The van der Waals surface area contributed by atoms with Crippen molar-refractivity contribution in [2.75, 3.05) is 6.54 Å². The molecule has 2 aromatic rings. The summed E-state index contributed by atoms with van der Waals surface area (Å²) in [5, 5.41) is 9.28. The fraction of sp³-hybridized carbons (Fsp3) is 0.250. The van der Waals surface area contributed by atoms with Crippen LogP contribution in [0.2, 0.25) is 0 Å². The van der Waals surface area contributed by atoms with Crippen molar-refractivity contribution < 1.29 is 9.76 Å². The predicted molar refractivity (Wildman–Crippen MR) is 83.4 cm³/mol. The van der Waals surface area contributed by atoms with E-state index in [4.69, 9.17) is 10.4 Å². The average Bonchev–Trinajstić information content (AvgIpc) is 2.53. The van der Waals surface area contributed by atoms with Crippen molar-refractivity contribution in [3.63, 3.8) is 0 Å². The lowest BCUT2D eigenvalue weighted by atomic mass is 9.55. The summed E-state index contributed by atoms with van der Waals surface area (Å²) in [7, 11) is 0. The van der Waals surface area contributed by atoms with Crippen molar-refractivity contribution in [2.24, 2.45) is 5.73 Å². The SMILES string of the molecule is CC(CN)OB(c1ccccc1)c1cccc(CO)c1. The van der Waals surface area contributed by atoms with Crippen LogP contribution in [0.4, 0.5) is 0 Å². The van der Waals surface area contributed by atoms with Crippen molar-refractivity contribution in [3.8, 4) is 0 Å². The highest BCUT2D eigenvalue weighted by Crippen LogP contribution is 2.02. The molecule has 0 heterocycles. The number of aliphatic hydroxyl groups excluding tert-OH is 1. The van der Waals surface area contributed by atoms with Crippen molar-refractivity contribution in [3.05, 3.63) is 60.2 Å². The Labute approximate surface area is 120 Å². The van der Waals surface area contributed by atoms with Gasteiger partial charge in [0.05, 0.1) is 12.7 Å². The van der Waals surface area contributed by atoms with Gasteiger partial charge in [-0.05, 0) is 23.4 Å². The van der Waals surface area contributed by atoms with E-state index in [0.717, 1.165) is 16.5 Å². The van der Waals surface area contributed by atoms with Crippen molar-refractivity contribution in [2.45, 2.75) is 19.6 Å². The number of rotatable bonds is 6. The van der Waals surface area contributed by atoms with Crippen molar-refractivity contribution >= 4 is 17.8 Å². The van der Waals surface area contributed by atoms with Gasteiger partial charge < -0.3 is 15.5 Å². The van der Waals surface area contributed by atoms with Crippen LogP contribution in [0.1, 0.15) is 12.5 Å². The van der Waals surface area contributed by atoms with E-state index in [9.17, 15) is 5.11 Å². The third-order valence-electron chi connectivity index (χ3n) is 3.24. The molecular formula is C16H20BNO2. The predicted octanol–water partition coefficient (Wildman–Crippen LogP) is 0.648. The Morgan fingerprint density at radius 3 is 2.45 bits per heavy atom. The Bertz CT molecular complexity index is 533. The summed E-state index contributed by atoms with van der Waals surface area (Å²) in [6.07, 6.45) is -0.0296. The summed E-state index contributed by atoms with van der Waals surface area (Å²) in [4.78, 5) is 0. The van der Waals surface area contributed by atoms with Crippen LogP contribution < -0.4 is 16.7 Å². The summed E-state index contributed by atoms with van der Waals surface area (Å²) in [6.45, 7) is 2.30. The van der Waals surface area contributed by atoms with Gasteiger partial charge in [-0.25, -0.2) is 0 Å². The first-order valence-corrected chi connectivity index (χ1v) is 6.84. The summed E-state index contributed by atoms with van der Waals surface area (Å²) in [5.74, 6) is 0. The number of aliphatic hydroxyl groups is 1. The van der Waals surface area contributed by atoms with Crippen LogP contribution in [-0.4, -0.2) is 24.7 Å². The number of benzene rings is 2. The Morgan fingerprint density at radius 2 is 1.80 bits per heavy atom. The molecule has 3 N–H and O–H groups in total. The number of hydrogen-bond donors (Lipinski definition) is 2. The summed E-state index contributed by atoms with van der Waals surface area (Å²) in [6, 6.07) is 17.9. The maximum absolute atomic E-state index is 9.28. The molecule has 2 aromatic carbocycles. The first-order valence-electron chi connectivity index (χ1n) is 6.84. The average molecular weight is 269 g/mol. The highest BCUT2D eigenvalue weighted by atomic mass is 16.4. The monoisotopic (exact) mass is 269 g/mol. The number of hydrogen-bond acceptors (Lipinski definition) is 3. The van der Waals surface area contributed by atoms with E-state index in [0.29, 0.717) is 6.54 Å². The molecule has 0 fully saturated rings. The fourth-order valence-electron chi connectivity index (χ4n) is 2.12. The van der Waals surface area contributed by atoms with Crippen LogP contribution in [0.5, 0.6) is 0 Å². The maximum Gasteiger partial charge on any atom is 0.361 e. The van der Waals surface area contributed by atoms with Crippen molar-refractivity contribution in [1.82, 2.24) is 0 Å². The van der Waals surface area contributed by atoms with Gasteiger partial charge in [-0.15, -0.1) is 0 Å². The molecule has 0 saturated carbocycles. The second kappa shape index (κ2) is 7.24. The molecule has 1 unspecified atom stereocenters. The summed E-state index contributed by atoms with van der Waals surface area (Å²) in [5.41, 5.74) is 8.67. The van der Waals surface area contributed by atoms with Crippen LogP contribution in [0.15, 0.2) is 54.6 Å². The molecule has 0 spiro atoms. The maximum atomic E-state index is 9.28. The Hall–Kier alpha value is -1.62. The lowest BCUT2D eigenvalue weighted by molar-refractivity contribution is 0.240. The Kier molecular flexibility index (Phi) is 5.36. The number of nitrogens with two attached hydrogens (primary N) is 1. The highest BCUT2D eigenvalue weighted by Gasteiger charge is 2.23. The molecule has 0 radical (unpaired) electrons. The molecule has 0 amide bonds. The zero-order chi connectivity index (χ0) is 14.4. The largest absolute Gasteiger partial charge is 0.423 e. The Balaban J connectivity index is 2.35. The highest BCUT2D eigenvalue weighted by molar-refractivity contribution is 6.80. The van der Waals surface area contributed by atoms with Gasteiger partial charge in [0.1, 0.15) is 0 Å². The van der Waals surface area contributed by atoms with Gasteiger partial charge in [0, 0.05) is 6.54 Å². The zero-order valence-electron chi connectivity index (χ0n) is 11.7. The first kappa shape index (κ1) is 14.8. The van der Waals surface area contributed by atoms with Crippen LogP contribution in [0.3, 0.4) is 0 Å². The van der Waals surface area contributed by atoms with Crippen LogP contribution in [0.25, 0.3) is 0 Å². The summed E-state index contributed by atoms with van der Waals surface area (Å²) >= 11 is 0. The molecule has 0 aromatic heterocycles. The molecule has 0 bridgehead atoms. The molecule has 0 aliphatic heterocycles. The van der Waals surface area contributed by atoms with E-state index >= 15 is 0 Å². The van der Waals surface area contributed by atoms with E-state index in [1.807, 2.05) is 61.5 Å². The third-order valence-corrected chi connectivity index (χ3v) is 3.24. The van der Waals surface area contributed by atoms with Crippen LogP contribution in [-0.2, 0) is 11.3 Å². The lowest BCUT2D eigenvalue weighted by Crippen LogP contribution is -2.48. The van der Waals surface area contributed by atoms with Crippen molar-refractivity contribution in [1.29, 1.82) is 0 Å². The normalized spacial score (nSPS) is 12.2. The minimum atomic E-state index is -0.166. The quantitative estimate of drug-likeness (QED) is 0.757. The lowest BCUT2D eigenvalue weighted by Gasteiger charge is -2.20. The van der Waals surface area contributed by atoms with Gasteiger partial charge >= 0.3 is 6.92 Å². The van der Waals surface area contributed by atoms with Gasteiger partial charge in [0.2, 0.25) is 0 Å². The molecule has 2 rings (SSSR count). The van der Waals surface area contributed by atoms with Gasteiger partial charge in [-0.3, -0.25) is 0 Å². The van der Waals surface area contributed by atoms with E-state index < -0.39 is 0 Å².